The Bertz CT molecular complexity index is 996. The van der Waals surface area contributed by atoms with Crippen LogP contribution < -0.4 is 5.32 Å². The average Bonchev–Trinajstić information content (AvgIpc) is 2.67. The van der Waals surface area contributed by atoms with E-state index in [4.69, 9.17) is 0 Å². The Hall–Kier alpha value is -2.74. The lowest BCUT2D eigenvalue weighted by atomic mass is 9.95. The average molecular weight is 401 g/mol. The number of carbonyl (C=O) groups excluding carboxylic acids is 2. The summed E-state index contributed by atoms with van der Waals surface area (Å²) in [7, 11) is -3.37. The number of piperidine rings is 1. The molecule has 1 aliphatic heterocycles. The smallest absolute Gasteiger partial charge is 0.253 e. The van der Waals surface area contributed by atoms with Gasteiger partial charge in [0.05, 0.1) is 4.90 Å². The van der Waals surface area contributed by atoms with Crippen molar-refractivity contribution in [2.24, 2.45) is 5.92 Å². The number of carbonyl (C=O) groups is 2. The standard InChI is InChI=1S/C20H23N3O4S/c1-14-6-9-21-18(12-14)22-19(24)15-7-10-23(11-8-15)20(25)16-4-3-5-17(13-16)28(2,26)27/h3-6,9,12-13,15H,7-8,10-11H2,1-2H3,(H,21,22,24). The molecular formula is C20H23N3O4S. The predicted octanol–water partition coefficient (Wildman–Crippen LogP) is 2.28. The maximum atomic E-state index is 12.7. The molecule has 3 rings (SSSR count). The van der Waals surface area contributed by atoms with E-state index in [1.54, 1.807) is 23.2 Å². The number of likely N-dealkylation sites (tertiary alicyclic amines) is 1. The number of benzene rings is 1. The topological polar surface area (TPSA) is 96.4 Å². The van der Waals surface area contributed by atoms with Crippen LogP contribution in [0.1, 0.15) is 28.8 Å². The SMILES string of the molecule is Cc1ccnc(NC(=O)C2CCN(C(=O)c3cccc(S(C)(=O)=O)c3)CC2)c1. The largest absolute Gasteiger partial charge is 0.339 e. The highest BCUT2D eigenvalue weighted by Gasteiger charge is 2.28. The van der Waals surface area contributed by atoms with Crippen molar-refractivity contribution < 1.29 is 18.0 Å². The number of pyridine rings is 1. The zero-order valence-corrected chi connectivity index (χ0v) is 16.7. The quantitative estimate of drug-likeness (QED) is 0.848. The van der Waals surface area contributed by atoms with Gasteiger partial charge in [-0.15, -0.1) is 0 Å². The van der Waals surface area contributed by atoms with Gasteiger partial charge < -0.3 is 10.2 Å². The third-order valence-corrected chi connectivity index (χ3v) is 5.94. The molecule has 28 heavy (non-hydrogen) atoms. The van der Waals surface area contributed by atoms with Crippen molar-refractivity contribution in [2.45, 2.75) is 24.7 Å². The molecule has 1 aliphatic rings. The highest BCUT2D eigenvalue weighted by Crippen LogP contribution is 2.22. The van der Waals surface area contributed by atoms with E-state index in [9.17, 15) is 18.0 Å². The van der Waals surface area contributed by atoms with Crippen LogP contribution in [0.15, 0.2) is 47.5 Å². The summed E-state index contributed by atoms with van der Waals surface area (Å²) in [5.41, 5.74) is 1.36. The number of sulfone groups is 1. The van der Waals surface area contributed by atoms with E-state index in [2.05, 4.69) is 10.3 Å². The van der Waals surface area contributed by atoms with Gasteiger partial charge in [0, 0.05) is 37.0 Å². The van der Waals surface area contributed by atoms with E-state index in [0.29, 0.717) is 37.3 Å². The van der Waals surface area contributed by atoms with Crippen LogP contribution in [0.5, 0.6) is 0 Å². The molecule has 8 heteroatoms. The van der Waals surface area contributed by atoms with Crippen molar-refractivity contribution in [3.63, 3.8) is 0 Å². The third kappa shape index (κ3) is 4.75. The lowest BCUT2D eigenvalue weighted by molar-refractivity contribution is -0.121. The molecule has 2 aromatic rings. The molecule has 0 spiro atoms. The second-order valence-electron chi connectivity index (χ2n) is 7.07. The Labute approximate surface area is 164 Å². The van der Waals surface area contributed by atoms with Gasteiger partial charge >= 0.3 is 0 Å². The van der Waals surface area contributed by atoms with E-state index >= 15 is 0 Å². The van der Waals surface area contributed by atoms with Gasteiger partial charge in [0.25, 0.3) is 5.91 Å². The van der Waals surface area contributed by atoms with Gasteiger partial charge in [0.15, 0.2) is 9.84 Å². The fraction of sp³-hybridized carbons (Fsp3) is 0.350. The number of hydrogen-bond acceptors (Lipinski definition) is 5. The maximum Gasteiger partial charge on any atom is 0.253 e. The highest BCUT2D eigenvalue weighted by molar-refractivity contribution is 7.90. The summed E-state index contributed by atoms with van der Waals surface area (Å²) in [5.74, 6) is 0.0313. The van der Waals surface area contributed by atoms with Crippen LogP contribution in [0.25, 0.3) is 0 Å². The van der Waals surface area contributed by atoms with Gasteiger partial charge in [-0.2, -0.15) is 0 Å². The van der Waals surface area contributed by atoms with E-state index in [1.165, 1.54) is 12.1 Å². The van der Waals surface area contributed by atoms with Gasteiger partial charge in [-0.3, -0.25) is 9.59 Å². The van der Waals surface area contributed by atoms with Gasteiger partial charge in [-0.1, -0.05) is 6.07 Å². The number of rotatable bonds is 4. The van der Waals surface area contributed by atoms with Crippen molar-refractivity contribution in [3.8, 4) is 0 Å². The molecule has 148 valence electrons. The van der Waals surface area contributed by atoms with Crippen molar-refractivity contribution in [1.82, 2.24) is 9.88 Å². The van der Waals surface area contributed by atoms with E-state index in [-0.39, 0.29) is 22.6 Å². The molecule has 0 atom stereocenters. The van der Waals surface area contributed by atoms with Crippen LogP contribution >= 0.6 is 0 Å². The van der Waals surface area contributed by atoms with Gasteiger partial charge in [0.1, 0.15) is 5.82 Å². The third-order valence-electron chi connectivity index (χ3n) is 4.83. The minimum Gasteiger partial charge on any atom is -0.339 e. The molecule has 1 aromatic carbocycles. The minimum atomic E-state index is -3.37. The minimum absolute atomic E-state index is 0.0933. The molecule has 1 saturated heterocycles. The maximum absolute atomic E-state index is 12.7. The Kier molecular flexibility index (Phi) is 5.79. The van der Waals surface area contributed by atoms with Crippen molar-refractivity contribution in [1.29, 1.82) is 0 Å². The molecule has 2 amide bonds. The highest BCUT2D eigenvalue weighted by atomic mass is 32.2. The van der Waals surface area contributed by atoms with Crippen LogP contribution in [0.2, 0.25) is 0 Å². The monoisotopic (exact) mass is 401 g/mol. The van der Waals surface area contributed by atoms with Crippen LogP contribution in [0.3, 0.4) is 0 Å². The molecule has 1 aromatic heterocycles. The van der Waals surface area contributed by atoms with Crippen LogP contribution in [0, 0.1) is 12.8 Å². The predicted molar refractivity (Wildman–Crippen MR) is 106 cm³/mol. The van der Waals surface area contributed by atoms with Crippen LogP contribution in [-0.2, 0) is 14.6 Å². The lowest BCUT2D eigenvalue weighted by Crippen LogP contribution is -2.41. The van der Waals surface area contributed by atoms with E-state index in [1.807, 2.05) is 19.1 Å². The molecule has 7 nitrogen and oxygen atoms in total. The summed E-state index contributed by atoms with van der Waals surface area (Å²) in [5, 5.41) is 2.83. The fourth-order valence-electron chi connectivity index (χ4n) is 3.22. The molecule has 0 bridgehead atoms. The van der Waals surface area contributed by atoms with Crippen LogP contribution in [-0.4, -0.2) is 49.5 Å². The second-order valence-corrected chi connectivity index (χ2v) is 9.09. The summed E-state index contributed by atoms with van der Waals surface area (Å²) in [6.07, 6.45) is 3.87. The lowest BCUT2D eigenvalue weighted by Gasteiger charge is -2.31. The first-order valence-electron chi connectivity index (χ1n) is 9.07. The summed E-state index contributed by atoms with van der Waals surface area (Å²) in [6, 6.07) is 9.73. The van der Waals surface area contributed by atoms with Crippen molar-refractivity contribution in [2.75, 3.05) is 24.7 Å². The molecule has 0 saturated carbocycles. The number of hydrogen-bond donors (Lipinski definition) is 1. The molecule has 0 unspecified atom stereocenters. The van der Waals surface area contributed by atoms with E-state index < -0.39 is 9.84 Å². The summed E-state index contributed by atoms with van der Waals surface area (Å²) >= 11 is 0. The normalized spacial score (nSPS) is 15.3. The van der Waals surface area contributed by atoms with Crippen molar-refractivity contribution in [3.05, 3.63) is 53.7 Å². The van der Waals surface area contributed by atoms with Gasteiger partial charge in [-0.05, 0) is 55.7 Å². The fourth-order valence-corrected chi connectivity index (χ4v) is 3.89. The number of anilines is 1. The van der Waals surface area contributed by atoms with Crippen molar-refractivity contribution >= 4 is 27.5 Å². The first-order chi connectivity index (χ1) is 13.2. The summed E-state index contributed by atoms with van der Waals surface area (Å²) < 4.78 is 23.4. The number of aromatic nitrogens is 1. The molecule has 0 aliphatic carbocycles. The molecule has 2 heterocycles. The number of nitrogens with zero attached hydrogens (tertiary/aromatic N) is 2. The van der Waals surface area contributed by atoms with Crippen LogP contribution in [0.4, 0.5) is 5.82 Å². The molecule has 1 N–H and O–H groups in total. The zero-order valence-electron chi connectivity index (χ0n) is 15.9. The Morgan fingerprint density at radius 1 is 1.14 bits per heavy atom. The second kappa shape index (κ2) is 8.10. The summed E-state index contributed by atoms with van der Waals surface area (Å²) in [6.45, 7) is 2.82. The van der Waals surface area contributed by atoms with Gasteiger partial charge in [0.2, 0.25) is 5.91 Å². The molecular weight excluding hydrogens is 378 g/mol. The first-order valence-corrected chi connectivity index (χ1v) is 11.0. The van der Waals surface area contributed by atoms with E-state index in [0.717, 1.165) is 11.8 Å². The Morgan fingerprint density at radius 3 is 2.50 bits per heavy atom. The molecule has 0 radical (unpaired) electrons. The number of nitrogens with one attached hydrogen (secondary N) is 1. The van der Waals surface area contributed by atoms with Gasteiger partial charge in [-0.25, -0.2) is 13.4 Å². The number of amides is 2. The first kappa shape index (κ1) is 20.0. The Balaban J connectivity index is 1.60. The molecule has 1 fully saturated rings. The number of aryl methyl sites for hydroxylation is 1. The Morgan fingerprint density at radius 2 is 1.86 bits per heavy atom. The zero-order chi connectivity index (χ0) is 20.3. The summed E-state index contributed by atoms with van der Waals surface area (Å²) in [4.78, 5) is 31.1.